The largest absolute Gasteiger partial charge is 0.333 e. The first-order valence-electron chi connectivity index (χ1n) is 23.9. The van der Waals surface area contributed by atoms with Gasteiger partial charge in [-0.15, -0.1) is 21.9 Å². The predicted octanol–water partition coefficient (Wildman–Crippen LogP) is 14.3. The minimum Gasteiger partial charge on any atom is -0.333 e. The minimum absolute atomic E-state index is 0.939. The van der Waals surface area contributed by atoms with E-state index < -0.39 is 152 Å². The highest BCUT2D eigenvalue weighted by molar-refractivity contribution is 7.92. The molecule has 0 amide bonds. The molecule has 11 aromatic carbocycles. The SMILES string of the molecule is Fc1c(F)c(F)c([B-](c2c(F)c(F)c(F)c(F)c2F)(c2c(F)c(F)c(F)c(F)c2F)c2c(F)c(F)c(F)c(F)c2F)c(F)c1F.c1ccc([P+](Oc2c3ccccc3cc3cc4ccccc4cc23)(c2ccccc2)c2ccccc2)cc1. The molecule has 0 aliphatic rings. The molecule has 0 aliphatic heterocycles. The van der Waals surface area contributed by atoms with Crippen LogP contribution in [0, 0.1) is 116 Å². The van der Waals surface area contributed by atoms with Crippen molar-refractivity contribution in [2.24, 2.45) is 0 Å². The van der Waals surface area contributed by atoms with Gasteiger partial charge >= 0.3 is 0 Å². The number of halogens is 20. The maximum Gasteiger partial charge on any atom is 0.287 e. The molecule has 0 bridgehead atoms. The maximum absolute atomic E-state index is 15.4. The van der Waals surface area contributed by atoms with Gasteiger partial charge in [-0.2, -0.15) is 0 Å². The molecular formula is C60H26BF20OP. The monoisotopic (exact) mass is 1180 g/mol. The second-order valence-electron chi connectivity index (χ2n) is 18.4. The van der Waals surface area contributed by atoms with Crippen LogP contribution in [-0.4, -0.2) is 6.15 Å². The summed E-state index contributed by atoms with van der Waals surface area (Å²) in [4.78, 5) is 0. The number of hydrogen-bond donors (Lipinski definition) is 0. The van der Waals surface area contributed by atoms with Crippen molar-refractivity contribution in [2.45, 2.75) is 0 Å². The summed E-state index contributed by atoms with van der Waals surface area (Å²) in [5.74, 6) is -70.5. The topological polar surface area (TPSA) is 9.23 Å². The highest BCUT2D eigenvalue weighted by atomic mass is 31.2. The van der Waals surface area contributed by atoms with E-state index in [9.17, 15) is 52.7 Å². The van der Waals surface area contributed by atoms with Crippen molar-refractivity contribution in [2.75, 3.05) is 0 Å². The zero-order chi connectivity index (χ0) is 59.7. The Balaban J connectivity index is 0.000000187. The maximum atomic E-state index is 15.4. The van der Waals surface area contributed by atoms with E-state index in [1.807, 2.05) is 0 Å². The normalized spacial score (nSPS) is 11.9. The Morgan fingerprint density at radius 1 is 0.229 bits per heavy atom. The van der Waals surface area contributed by atoms with Gasteiger partial charge in [0.15, 0.2) is 75.6 Å². The lowest BCUT2D eigenvalue weighted by Crippen LogP contribution is -2.81. The Labute approximate surface area is 454 Å². The third-order valence-corrected chi connectivity index (χ3v) is 17.5. The first-order valence-corrected chi connectivity index (χ1v) is 25.6. The van der Waals surface area contributed by atoms with E-state index in [4.69, 9.17) is 4.52 Å². The highest BCUT2D eigenvalue weighted by Gasteiger charge is 2.53. The molecule has 0 N–H and O–H groups in total. The van der Waals surface area contributed by atoms with E-state index in [0.29, 0.717) is 0 Å². The smallest absolute Gasteiger partial charge is 0.287 e. The van der Waals surface area contributed by atoms with Crippen LogP contribution in [0.3, 0.4) is 0 Å². The van der Waals surface area contributed by atoms with Crippen LogP contribution >= 0.6 is 7.49 Å². The molecule has 0 saturated heterocycles. The van der Waals surface area contributed by atoms with Crippen molar-refractivity contribution < 1.29 is 92.3 Å². The van der Waals surface area contributed by atoms with E-state index in [1.165, 1.54) is 37.5 Å². The van der Waals surface area contributed by atoms with Crippen molar-refractivity contribution in [3.63, 3.8) is 0 Å². The summed E-state index contributed by atoms with van der Waals surface area (Å²) in [7, 11) is -2.54. The van der Waals surface area contributed by atoms with Crippen LogP contribution in [0.4, 0.5) is 87.8 Å². The van der Waals surface area contributed by atoms with Crippen LogP contribution in [0.2, 0.25) is 0 Å². The highest BCUT2D eigenvalue weighted by Crippen LogP contribution is 2.58. The van der Waals surface area contributed by atoms with E-state index in [2.05, 4.69) is 158 Å². The third-order valence-electron chi connectivity index (χ3n) is 14.0. The lowest BCUT2D eigenvalue weighted by Gasteiger charge is -2.44. The van der Waals surface area contributed by atoms with Gasteiger partial charge in [-0.1, -0.05) is 103 Å². The number of hydrogen-bond acceptors (Lipinski definition) is 1. The van der Waals surface area contributed by atoms with Crippen molar-refractivity contribution in [1.29, 1.82) is 0 Å². The molecule has 11 rings (SSSR count). The van der Waals surface area contributed by atoms with Crippen LogP contribution < -0.4 is 42.3 Å². The van der Waals surface area contributed by atoms with Crippen molar-refractivity contribution in [1.82, 2.24) is 0 Å². The molecule has 0 fully saturated rings. The van der Waals surface area contributed by atoms with Gasteiger partial charge in [0.1, 0.15) is 68.6 Å². The first kappa shape index (κ1) is 57.3. The summed E-state index contributed by atoms with van der Waals surface area (Å²) in [6, 6.07) is 56.3. The average molecular weight is 1180 g/mol. The quantitative estimate of drug-likeness (QED) is 0.0350. The standard InChI is InChI=1S/C36H26OP.C24BF20/c1-4-17-31(18-5-1)38(32-19-6-2-7-20-32,33-21-8-3-9-22-33)37-36-34-23-13-12-16-29(34)25-30-24-27-14-10-11-15-28(27)26-35(30)36;26-5-1(6(27)14(35)21(42)13(5)34)25(2-7(28)15(36)22(43)16(37)8(2)29,3-9(30)17(38)23(44)18(39)10(3)31)4-11(32)19(40)24(45)20(41)12(4)33/h1-26H;/q+1;-1. The van der Waals surface area contributed by atoms with E-state index in [0.717, 1.165) is 16.5 Å². The fourth-order valence-electron chi connectivity index (χ4n) is 10.3. The zero-order valence-corrected chi connectivity index (χ0v) is 41.9. The van der Waals surface area contributed by atoms with Crippen molar-refractivity contribution in [3.05, 3.63) is 274 Å². The van der Waals surface area contributed by atoms with Gasteiger partial charge < -0.3 is 4.52 Å². The van der Waals surface area contributed by atoms with E-state index in [-0.39, 0.29) is 0 Å². The predicted molar refractivity (Wildman–Crippen MR) is 274 cm³/mol. The van der Waals surface area contributed by atoms with Gasteiger partial charge in [0, 0.05) is 10.8 Å². The van der Waals surface area contributed by atoms with Crippen molar-refractivity contribution >= 4 is 83.7 Å². The average Bonchev–Trinajstić information content (AvgIpc) is 0.893. The van der Waals surface area contributed by atoms with Crippen LogP contribution in [0.1, 0.15) is 0 Å². The van der Waals surface area contributed by atoms with Crippen LogP contribution in [0.15, 0.2) is 158 Å². The Hall–Kier alpha value is -8.91. The van der Waals surface area contributed by atoms with Gasteiger partial charge in [-0.05, 0) is 76.1 Å². The zero-order valence-electron chi connectivity index (χ0n) is 41.0. The van der Waals surface area contributed by atoms with Crippen LogP contribution in [-0.2, 0) is 0 Å². The molecule has 0 saturated carbocycles. The first-order chi connectivity index (χ1) is 39.5. The molecule has 0 heterocycles. The van der Waals surface area contributed by atoms with Gasteiger partial charge in [-0.3, -0.25) is 0 Å². The molecule has 0 atom stereocenters. The second kappa shape index (κ2) is 21.8. The van der Waals surface area contributed by atoms with E-state index in [1.54, 1.807) is 0 Å². The summed E-state index contributed by atoms with van der Waals surface area (Å²) in [5, 5.41) is 10.6. The minimum atomic E-state index is -7.22. The number of fused-ring (bicyclic) bond motifs is 3. The Morgan fingerprint density at radius 3 is 0.783 bits per heavy atom. The Morgan fingerprint density at radius 2 is 0.470 bits per heavy atom. The second-order valence-corrected chi connectivity index (χ2v) is 21.3. The molecule has 0 spiro atoms. The number of rotatable bonds is 9. The molecule has 420 valence electrons. The molecule has 11 aromatic rings. The van der Waals surface area contributed by atoms with Gasteiger partial charge in [0.2, 0.25) is 0 Å². The van der Waals surface area contributed by atoms with Crippen molar-refractivity contribution in [3.8, 4) is 5.75 Å². The molecule has 23 heteroatoms. The van der Waals surface area contributed by atoms with Gasteiger partial charge in [0.05, 0.1) is 0 Å². The molecule has 83 heavy (non-hydrogen) atoms. The summed E-state index contributed by atoms with van der Waals surface area (Å²) in [6.45, 7) is 0. The molecule has 0 aromatic heterocycles. The summed E-state index contributed by atoms with van der Waals surface area (Å²) < 4.78 is 302. The van der Waals surface area contributed by atoms with Crippen LogP contribution in [0.5, 0.6) is 5.75 Å². The third kappa shape index (κ3) is 8.87. The van der Waals surface area contributed by atoms with Crippen LogP contribution in [0.25, 0.3) is 32.3 Å². The molecule has 1 nitrogen and oxygen atoms in total. The van der Waals surface area contributed by atoms with E-state index >= 15 is 35.1 Å². The molecule has 0 unspecified atom stereocenters. The molecular weight excluding hydrogens is 1160 g/mol. The summed E-state index contributed by atoms with van der Waals surface area (Å²) in [6.07, 6.45) is -7.22. The fourth-order valence-corrected chi connectivity index (χ4v) is 13.8. The number of benzene rings is 11. The van der Waals surface area contributed by atoms with Gasteiger partial charge in [-0.25, -0.2) is 87.8 Å². The Kier molecular flexibility index (Phi) is 15.0. The summed E-state index contributed by atoms with van der Waals surface area (Å²) in [5.41, 5.74) is -14.3. The fraction of sp³-hybridized carbons (Fsp3) is 0. The lowest BCUT2D eigenvalue weighted by molar-refractivity contribution is 0.378. The molecule has 0 aliphatic carbocycles. The summed E-state index contributed by atoms with van der Waals surface area (Å²) >= 11 is 0. The molecule has 0 radical (unpaired) electrons. The van der Waals surface area contributed by atoms with Gasteiger partial charge in [0.25, 0.3) is 7.49 Å². The Bertz CT molecular complexity index is 3940. The lowest BCUT2D eigenvalue weighted by atomic mass is 9.12.